The van der Waals surface area contributed by atoms with Crippen molar-refractivity contribution in [3.63, 3.8) is 0 Å². The van der Waals surface area contributed by atoms with Gasteiger partial charge in [0.2, 0.25) is 0 Å². The molecule has 0 saturated carbocycles. The lowest BCUT2D eigenvalue weighted by Gasteiger charge is -2.14. The molecule has 0 amide bonds. The van der Waals surface area contributed by atoms with Gasteiger partial charge in [0.15, 0.2) is 12.1 Å². The normalized spacial score (nSPS) is 12.1. The molecule has 0 aliphatic rings. The Morgan fingerprint density at radius 2 is 2.00 bits per heavy atom. The molecular formula is C13H15N3O3. The third-order valence-electron chi connectivity index (χ3n) is 2.41. The van der Waals surface area contributed by atoms with Crippen molar-refractivity contribution in [1.82, 2.24) is 15.0 Å². The standard InChI is InChI=1S/C13H15N3O3/c1-3-18-9(2)19-10-4-5-11(12(17)6-10)13-15-7-14-8-16-13/h4-9,17H,3H2,1-2H3. The van der Waals surface area contributed by atoms with Gasteiger partial charge in [-0.05, 0) is 26.0 Å². The van der Waals surface area contributed by atoms with E-state index >= 15 is 0 Å². The van der Waals surface area contributed by atoms with Crippen LogP contribution in [-0.4, -0.2) is 33.0 Å². The zero-order valence-corrected chi connectivity index (χ0v) is 10.8. The Kier molecular flexibility index (Phi) is 4.25. The molecular weight excluding hydrogens is 246 g/mol. The highest BCUT2D eigenvalue weighted by Gasteiger charge is 2.10. The fourth-order valence-corrected chi connectivity index (χ4v) is 1.61. The summed E-state index contributed by atoms with van der Waals surface area (Å²) in [6, 6.07) is 4.93. The number of ether oxygens (including phenoxy) is 2. The van der Waals surface area contributed by atoms with Crippen molar-refractivity contribution < 1.29 is 14.6 Å². The molecule has 1 heterocycles. The Morgan fingerprint density at radius 3 is 2.63 bits per heavy atom. The number of aromatic nitrogens is 3. The maximum atomic E-state index is 9.97. The molecule has 2 rings (SSSR count). The lowest BCUT2D eigenvalue weighted by atomic mass is 10.2. The van der Waals surface area contributed by atoms with Crippen LogP contribution in [0.1, 0.15) is 13.8 Å². The van der Waals surface area contributed by atoms with E-state index in [2.05, 4.69) is 15.0 Å². The Hall–Kier alpha value is -2.21. The largest absolute Gasteiger partial charge is 0.507 e. The number of aromatic hydroxyl groups is 1. The van der Waals surface area contributed by atoms with Crippen molar-refractivity contribution >= 4 is 0 Å². The summed E-state index contributed by atoms with van der Waals surface area (Å²) < 4.78 is 10.8. The van der Waals surface area contributed by atoms with Crippen molar-refractivity contribution in [1.29, 1.82) is 0 Å². The molecule has 1 aromatic heterocycles. The lowest BCUT2D eigenvalue weighted by Crippen LogP contribution is -2.15. The molecule has 19 heavy (non-hydrogen) atoms. The van der Waals surface area contributed by atoms with Crippen LogP contribution in [0, 0.1) is 0 Å². The zero-order chi connectivity index (χ0) is 13.7. The summed E-state index contributed by atoms with van der Waals surface area (Å²) in [6.45, 7) is 4.25. The highest BCUT2D eigenvalue weighted by atomic mass is 16.7. The first kappa shape index (κ1) is 13.2. The molecule has 1 atom stereocenters. The van der Waals surface area contributed by atoms with Gasteiger partial charge in [0.05, 0.1) is 5.56 Å². The molecule has 0 radical (unpaired) electrons. The first-order chi connectivity index (χ1) is 9.20. The molecule has 100 valence electrons. The smallest absolute Gasteiger partial charge is 0.196 e. The fraction of sp³-hybridized carbons (Fsp3) is 0.308. The van der Waals surface area contributed by atoms with E-state index < -0.39 is 0 Å². The number of nitrogens with zero attached hydrogens (tertiary/aromatic N) is 3. The monoisotopic (exact) mass is 261 g/mol. The van der Waals surface area contributed by atoms with Crippen molar-refractivity contribution in [3.8, 4) is 22.9 Å². The molecule has 6 nitrogen and oxygen atoms in total. The topological polar surface area (TPSA) is 77.4 Å². The van der Waals surface area contributed by atoms with Gasteiger partial charge < -0.3 is 14.6 Å². The minimum atomic E-state index is -0.368. The van der Waals surface area contributed by atoms with Gasteiger partial charge in [-0.15, -0.1) is 0 Å². The summed E-state index contributed by atoms with van der Waals surface area (Å²) in [4.78, 5) is 11.7. The van der Waals surface area contributed by atoms with Crippen LogP contribution < -0.4 is 4.74 Å². The van der Waals surface area contributed by atoms with E-state index in [1.54, 1.807) is 19.1 Å². The summed E-state index contributed by atoms with van der Waals surface area (Å²) in [6.07, 6.45) is 2.39. The number of hydrogen-bond acceptors (Lipinski definition) is 6. The second-order valence-corrected chi connectivity index (χ2v) is 3.78. The summed E-state index contributed by atoms with van der Waals surface area (Å²) in [7, 11) is 0. The quantitative estimate of drug-likeness (QED) is 0.829. The third-order valence-corrected chi connectivity index (χ3v) is 2.41. The molecule has 6 heteroatoms. The van der Waals surface area contributed by atoms with Crippen molar-refractivity contribution in [2.45, 2.75) is 20.1 Å². The number of phenolic OH excluding ortho intramolecular Hbond substituents is 1. The Labute approximate surface area is 111 Å². The molecule has 0 bridgehead atoms. The summed E-state index contributed by atoms with van der Waals surface area (Å²) >= 11 is 0. The summed E-state index contributed by atoms with van der Waals surface area (Å²) in [5, 5.41) is 9.97. The van der Waals surface area contributed by atoms with Gasteiger partial charge in [0.1, 0.15) is 24.2 Å². The Balaban J connectivity index is 2.18. The fourth-order valence-electron chi connectivity index (χ4n) is 1.61. The minimum Gasteiger partial charge on any atom is -0.507 e. The molecule has 0 saturated heterocycles. The molecule has 1 unspecified atom stereocenters. The van der Waals surface area contributed by atoms with Crippen LogP contribution in [-0.2, 0) is 4.74 Å². The van der Waals surface area contributed by atoms with Crippen LogP contribution in [0.2, 0.25) is 0 Å². The predicted octanol–water partition coefficient (Wildman–Crippen LogP) is 2.01. The van der Waals surface area contributed by atoms with E-state index in [0.717, 1.165) is 0 Å². The van der Waals surface area contributed by atoms with Crippen LogP contribution >= 0.6 is 0 Å². The van der Waals surface area contributed by atoms with Crippen LogP contribution in [0.15, 0.2) is 30.9 Å². The molecule has 0 fully saturated rings. The van der Waals surface area contributed by atoms with Gasteiger partial charge in [-0.3, -0.25) is 0 Å². The van der Waals surface area contributed by atoms with E-state index in [1.165, 1.54) is 18.7 Å². The van der Waals surface area contributed by atoms with E-state index in [0.29, 0.717) is 23.7 Å². The van der Waals surface area contributed by atoms with E-state index in [9.17, 15) is 5.11 Å². The van der Waals surface area contributed by atoms with Crippen LogP contribution in [0.3, 0.4) is 0 Å². The first-order valence-electron chi connectivity index (χ1n) is 5.94. The third kappa shape index (κ3) is 3.38. The van der Waals surface area contributed by atoms with Crippen molar-refractivity contribution in [3.05, 3.63) is 30.9 Å². The highest BCUT2D eigenvalue weighted by molar-refractivity contribution is 5.64. The Bertz CT molecular complexity index is 534. The predicted molar refractivity (Wildman–Crippen MR) is 68.6 cm³/mol. The van der Waals surface area contributed by atoms with Gasteiger partial charge in [0, 0.05) is 12.7 Å². The molecule has 1 aromatic carbocycles. The number of rotatable bonds is 5. The molecule has 0 aliphatic heterocycles. The summed E-state index contributed by atoms with van der Waals surface area (Å²) in [5.41, 5.74) is 0.527. The molecule has 1 N–H and O–H groups in total. The van der Waals surface area contributed by atoms with E-state index in [-0.39, 0.29) is 12.0 Å². The van der Waals surface area contributed by atoms with Crippen LogP contribution in [0.5, 0.6) is 11.5 Å². The maximum absolute atomic E-state index is 9.97. The van der Waals surface area contributed by atoms with Gasteiger partial charge >= 0.3 is 0 Å². The first-order valence-corrected chi connectivity index (χ1v) is 5.94. The SMILES string of the molecule is CCOC(C)Oc1ccc(-c2ncncn2)c(O)c1. The Morgan fingerprint density at radius 1 is 1.26 bits per heavy atom. The van der Waals surface area contributed by atoms with Crippen molar-refractivity contribution in [2.75, 3.05) is 6.61 Å². The average molecular weight is 261 g/mol. The molecule has 0 aliphatic carbocycles. The van der Waals surface area contributed by atoms with Gasteiger partial charge in [-0.1, -0.05) is 0 Å². The van der Waals surface area contributed by atoms with E-state index in [1.807, 2.05) is 6.92 Å². The summed E-state index contributed by atoms with van der Waals surface area (Å²) in [5.74, 6) is 0.987. The van der Waals surface area contributed by atoms with Gasteiger partial charge in [0.25, 0.3) is 0 Å². The van der Waals surface area contributed by atoms with Gasteiger partial charge in [-0.2, -0.15) is 0 Å². The minimum absolute atomic E-state index is 0.0485. The molecule has 2 aromatic rings. The number of benzene rings is 1. The van der Waals surface area contributed by atoms with Crippen molar-refractivity contribution in [2.24, 2.45) is 0 Å². The van der Waals surface area contributed by atoms with Crippen LogP contribution in [0.25, 0.3) is 11.4 Å². The zero-order valence-electron chi connectivity index (χ0n) is 10.8. The maximum Gasteiger partial charge on any atom is 0.196 e. The van der Waals surface area contributed by atoms with Gasteiger partial charge in [-0.25, -0.2) is 15.0 Å². The molecule has 0 spiro atoms. The highest BCUT2D eigenvalue weighted by Crippen LogP contribution is 2.30. The number of hydrogen-bond donors (Lipinski definition) is 1. The van der Waals surface area contributed by atoms with E-state index in [4.69, 9.17) is 9.47 Å². The lowest BCUT2D eigenvalue weighted by molar-refractivity contribution is -0.0613. The average Bonchev–Trinajstić information content (AvgIpc) is 2.40. The second-order valence-electron chi connectivity index (χ2n) is 3.78. The van der Waals surface area contributed by atoms with Crippen LogP contribution in [0.4, 0.5) is 0 Å². The number of phenols is 1. The second kappa shape index (κ2) is 6.10.